The summed E-state index contributed by atoms with van der Waals surface area (Å²) in [7, 11) is 0. The van der Waals surface area contributed by atoms with Gasteiger partial charge in [0.15, 0.2) is 5.13 Å². The number of hydrazine groups is 1. The van der Waals surface area contributed by atoms with Gasteiger partial charge in [-0.2, -0.15) is 0 Å². The Kier molecular flexibility index (Phi) is 3.71. The molecule has 0 aliphatic heterocycles. The van der Waals surface area contributed by atoms with E-state index in [-0.39, 0.29) is 5.91 Å². The minimum absolute atomic E-state index is 0.00439. The summed E-state index contributed by atoms with van der Waals surface area (Å²) in [6.07, 6.45) is 0. The van der Waals surface area contributed by atoms with Gasteiger partial charge < -0.3 is 5.32 Å². The van der Waals surface area contributed by atoms with E-state index in [0.29, 0.717) is 5.13 Å². The number of amides is 1. The molecule has 0 aliphatic rings. The average molecular weight is 292 g/mol. The third kappa shape index (κ3) is 2.62. The molecule has 20 heavy (non-hydrogen) atoms. The third-order valence-electron chi connectivity index (χ3n) is 3.16. The van der Waals surface area contributed by atoms with Crippen molar-refractivity contribution in [2.75, 3.05) is 10.7 Å². The number of nitrogens with one attached hydrogen (secondary N) is 2. The van der Waals surface area contributed by atoms with Gasteiger partial charge in [0.2, 0.25) is 5.91 Å². The maximum atomic E-state index is 12.2. The largest absolute Gasteiger partial charge is 0.325 e. The Morgan fingerprint density at radius 1 is 1.35 bits per heavy atom. The van der Waals surface area contributed by atoms with Crippen LogP contribution in [0.3, 0.4) is 0 Å². The molecule has 0 bridgehead atoms. The number of anilines is 2. The smallest absolute Gasteiger partial charge is 0.229 e. The zero-order valence-corrected chi connectivity index (χ0v) is 13.2. The van der Waals surface area contributed by atoms with Crippen LogP contribution in [0, 0.1) is 19.3 Å². The number of carbonyl (C=O) groups excluding carboxylic acids is 1. The molecule has 108 valence electrons. The first-order chi connectivity index (χ1) is 9.24. The number of hydrogen-bond acceptors (Lipinski definition) is 5. The zero-order chi connectivity index (χ0) is 15.1. The minimum atomic E-state index is -0.425. The normalized spacial score (nSPS) is 11.7. The van der Waals surface area contributed by atoms with Gasteiger partial charge in [0.25, 0.3) is 0 Å². The summed E-state index contributed by atoms with van der Waals surface area (Å²) < 4.78 is 1.03. The fraction of sp³-hybridized carbons (Fsp3) is 0.429. The number of thiazole rings is 1. The molecule has 2 rings (SSSR count). The van der Waals surface area contributed by atoms with Crippen LogP contribution in [-0.4, -0.2) is 10.9 Å². The molecule has 0 spiro atoms. The molecule has 0 saturated heterocycles. The standard InChI is InChI=1S/C14H20N4OS/c1-7-6-9-11(20-13(16-9)18-15)8(2)10(7)17-12(19)14(3,4)5/h6H,15H2,1-5H3,(H,16,18)(H,17,19). The van der Waals surface area contributed by atoms with Crippen LogP contribution in [-0.2, 0) is 4.79 Å². The molecule has 0 atom stereocenters. The second kappa shape index (κ2) is 5.03. The van der Waals surface area contributed by atoms with Gasteiger partial charge in [0.05, 0.1) is 10.2 Å². The van der Waals surface area contributed by atoms with Crippen LogP contribution >= 0.6 is 11.3 Å². The molecule has 0 unspecified atom stereocenters. The van der Waals surface area contributed by atoms with Crippen LogP contribution in [0.4, 0.5) is 10.8 Å². The number of rotatable bonds is 2. The fourth-order valence-electron chi connectivity index (χ4n) is 1.94. The molecule has 0 saturated carbocycles. The highest BCUT2D eigenvalue weighted by Crippen LogP contribution is 2.35. The number of nitrogens with zero attached hydrogens (tertiary/aromatic N) is 1. The van der Waals surface area contributed by atoms with Gasteiger partial charge in [-0.05, 0) is 31.0 Å². The number of hydrogen-bond donors (Lipinski definition) is 3. The average Bonchev–Trinajstić information content (AvgIpc) is 2.76. The van der Waals surface area contributed by atoms with Crippen LogP contribution in [0.1, 0.15) is 31.9 Å². The molecule has 1 aromatic carbocycles. The number of nitrogen functional groups attached to an aromatic ring is 1. The molecule has 5 nitrogen and oxygen atoms in total. The molecule has 0 fully saturated rings. The Morgan fingerprint density at radius 2 is 2.00 bits per heavy atom. The van der Waals surface area contributed by atoms with E-state index in [1.54, 1.807) is 0 Å². The molecule has 1 aromatic heterocycles. The fourth-order valence-corrected chi connectivity index (χ4v) is 2.80. The predicted molar refractivity (Wildman–Crippen MR) is 85.0 cm³/mol. The lowest BCUT2D eigenvalue weighted by Crippen LogP contribution is -2.28. The van der Waals surface area contributed by atoms with E-state index in [1.165, 1.54) is 11.3 Å². The van der Waals surface area contributed by atoms with Crippen molar-refractivity contribution in [3.8, 4) is 0 Å². The minimum Gasteiger partial charge on any atom is -0.325 e. The topological polar surface area (TPSA) is 80.0 Å². The van der Waals surface area contributed by atoms with Gasteiger partial charge in [-0.15, -0.1) is 0 Å². The van der Waals surface area contributed by atoms with Gasteiger partial charge in [0.1, 0.15) is 0 Å². The Hall–Kier alpha value is -1.66. The summed E-state index contributed by atoms with van der Waals surface area (Å²) >= 11 is 1.48. The van der Waals surface area contributed by atoms with Crippen molar-refractivity contribution in [3.05, 3.63) is 17.2 Å². The van der Waals surface area contributed by atoms with Crippen molar-refractivity contribution < 1.29 is 4.79 Å². The third-order valence-corrected chi connectivity index (χ3v) is 4.28. The van der Waals surface area contributed by atoms with E-state index < -0.39 is 5.41 Å². The summed E-state index contributed by atoms with van der Waals surface area (Å²) in [5.74, 6) is 5.41. The summed E-state index contributed by atoms with van der Waals surface area (Å²) in [6, 6.07) is 1.97. The van der Waals surface area contributed by atoms with Crippen molar-refractivity contribution in [2.24, 2.45) is 11.3 Å². The van der Waals surface area contributed by atoms with Crippen molar-refractivity contribution in [1.29, 1.82) is 0 Å². The number of fused-ring (bicyclic) bond motifs is 1. The lowest BCUT2D eigenvalue weighted by molar-refractivity contribution is -0.123. The van der Waals surface area contributed by atoms with Crippen LogP contribution in [0.2, 0.25) is 0 Å². The molecule has 1 heterocycles. The van der Waals surface area contributed by atoms with E-state index in [1.807, 2.05) is 40.7 Å². The van der Waals surface area contributed by atoms with E-state index in [0.717, 1.165) is 27.0 Å². The second-order valence-electron chi connectivity index (χ2n) is 5.91. The number of benzene rings is 1. The Bertz CT molecular complexity index is 670. The van der Waals surface area contributed by atoms with Crippen LogP contribution in [0.5, 0.6) is 0 Å². The van der Waals surface area contributed by atoms with Crippen molar-refractivity contribution in [2.45, 2.75) is 34.6 Å². The van der Waals surface area contributed by atoms with Gasteiger partial charge in [-0.3, -0.25) is 10.2 Å². The molecule has 6 heteroatoms. The summed E-state index contributed by atoms with van der Waals surface area (Å²) in [5.41, 5.74) is 5.93. The molecule has 0 aliphatic carbocycles. The maximum Gasteiger partial charge on any atom is 0.229 e. The van der Waals surface area contributed by atoms with Gasteiger partial charge >= 0.3 is 0 Å². The van der Waals surface area contributed by atoms with Gasteiger partial charge in [0, 0.05) is 11.1 Å². The number of aryl methyl sites for hydroxylation is 2. The number of nitrogens with two attached hydrogens (primary N) is 1. The van der Waals surface area contributed by atoms with Crippen LogP contribution < -0.4 is 16.6 Å². The predicted octanol–water partition coefficient (Wildman–Crippen LogP) is 3.18. The molecule has 1 amide bonds. The maximum absolute atomic E-state index is 12.2. The molecular weight excluding hydrogens is 272 g/mol. The molecule has 2 aromatic rings. The monoisotopic (exact) mass is 292 g/mol. The quantitative estimate of drug-likeness (QED) is 0.586. The summed E-state index contributed by atoms with van der Waals surface area (Å²) in [6.45, 7) is 9.66. The Labute approximate surface area is 122 Å². The second-order valence-corrected chi connectivity index (χ2v) is 6.91. The van der Waals surface area contributed by atoms with Crippen LogP contribution in [0.15, 0.2) is 6.07 Å². The first-order valence-electron chi connectivity index (χ1n) is 6.43. The van der Waals surface area contributed by atoms with E-state index in [2.05, 4.69) is 15.7 Å². The Morgan fingerprint density at radius 3 is 2.55 bits per heavy atom. The number of aromatic nitrogens is 1. The van der Waals surface area contributed by atoms with Gasteiger partial charge in [-0.25, -0.2) is 10.8 Å². The van der Waals surface area contributed by atoms with Crippen molar-refractivity contribution in [3.63, 3.8) is 0 Å². The molecule has 4 N–H and O–H groups in total. The lowest BCUT2D eigenvalue weighted by atomic mass is 9.95. The van der Waals surface area contributed by atoms with E-state index in [9.17, 15) is 4.79 Å². The summed E-state index contributed by atoms with van der Waals surface area (Å²) in [5, 5.41) is 3.69. The first kappa shape index (κ1) is 14.7. The van der Waals surface area contributed by atoms with Crippen molar-refractivity contribution >= 4 is 38.3 Å². The van der Waals surface area contributed by atoms with E-state index in [4.69, 9.17) is 5.84 Å². The van der Waals surface area contributed by atoms with E-state index >= 15 is 0 Å². The number of carbonyl (C=O) groups is 1. The van der Waals surface area contributed by atoms with Gasteiger partial charge in [-0.1, -0.05) is 32.1 Å². The Balaban J connectivity index is 2.51. The SMILES string of the molecule is Cc1cc2nc(NN)sc2c(C)c1NC(=O)C(C)(C)C. The summed E-state index contributed by atoms with van der Waals surface area (Å²) in [4.78, 5) is 16.6. The van der Waals surface area contributed by atoms with Crippen molar-refractivity contribution in [1.82, 2.24) is 4.98 Å². The molecule has 0 radical (unpaired) electrons. The first-order valence-corrected chi connectivity index (χ1v) is 7.24. The van der Waals surface area contributed by atoms with Crippen LogP contribution in [0.25, 0.3) is 10.2 Å². The zero-order valence-electron chi connectivity index (χ0n) is 12.4. The highest BCUT2D eigenvalue weighted by molar-refractivity contribution is 7.22. The lowest BCUT2D eigenvalue weighted by Gasteiger charge is -2.20. The highest BCUT2D eigenvalue weighted by atomic mass is 32.1. The molecular formula is C14H20N4OS. The highest BCUT2D eigenvalue weighted by Gasteiger charge is 2.23.